The van der Waals surface area contributed by atoms with Crippen LogP contribution in [0.15, 0.2) is 53.6 Å². The molecule has 2 aliphatic rings. The average Bonchev–Trinajstić information content (AvgIpc) is 3.27. The highest BCUT2D eigenvalue weighted by atomic mass is 35.5. The molecule has 1 amide bonds. The third-order valence-electron chi connectivity index (χ3n) is 5.90. The molecule has 0 radical (unpaired) electrons. The summed E-state index contributed by atoms with van der Waals surface area (Å²) in [5.41, 5.74) is 1.74. The monoisotopic (exact) mass is 491 g/mol. The van der Waals surface area contributed by atoms with Gasteiger partial charge in [-0.05, 0) is 74.3 Å². The van der Waals surface area contributed by atoms with E-state index in [0.29, 0.717) is 28.8 Å². The number of hydrogen-bond acceptors (Lipinski definition) is 5. The number of methoxy groups -OCH3 is 1. The van der Waals surface area contributed by atoms with Gasteiger partial charge in [0, 0.05) is 40.5 Å². The molecule has 170 valence electrons. The highest BCUT2D eigenvalue weighted by Gasteiger charge is 2.23. The summed E-state index contributed by atoms with van der Waals surface area (Å²) in [4.78, 5) is 18.7. The lowest BCUT2D eigenvalue weighted by atomic mass is 9.96. The molecule has 2 aromatic carbocycles. The van der Waals surface area contributed by atoms with Gasteiger partial charge < -0.3 is 15.0 Å². The molecule has 32 heavy (non-hydrogen) atoms. The van der Waals surface area contributed by atoms with Crippen molar-refractivity contribution in [1.29, 1.82) is 0 Å². The van der Waals surface area contributed by atoms with Crippen LogP contribution in [0.5, 0.6) is 5.75 Å². The van der Waals surface area contributed by atoms with Gasteiger partial charge in [0.2, 0.25) is 0 Å². The zero-order chi connectivity index (χ0) is 22.5. The summed E-state index contributed by atoms with van der Waals surface area (Å²) in [6.45, 7) is 3.78. The second-order valence-corrected chi connectivity index (χ2v) is 10.0. The van der Waals surface area contributed by atoms with Gasteiger partial charge in [0.1, 0.15) is 5.75 Å². The Hall–Kier alpha value is -1.86. The summed E-state index contributed by atoms with van der Waals surface area (Å²) in [7, 11) is 1.55. The van der Waals surface area contributed by atoms with Crippen LogP contribution in [0.3, 0.4) is 0 Å². The van der Waals surface area contributed by atoms with Crippen LogP contribution >= 0.6 is 35.0 Å². The summed E-state index contributed by atoms with van der Waals surface area (Å²) in [6, 6.07) is 13.1. The number of piperidine rings is 1. The number of anilines is 1. The first kappa shape index (κ1) is 23.3. The molecule has 0 spiro atoms. The van der Waals surface area contributed by atoms with E-state index in [0.717, 1.165) is 43.4 Å². The molecule has 2 aromatic rings. The van der Waals surface area contributed by atoms with Crippen molar-refractivity contribution in [3.8, 4) is 5.75 Å². The number of halogens is 2. The lowest BCUT2D eigenvalue weighted by Gasteiger charge is -2.32. The zero-order valence-electron chi connectivity index (χ0n) is 18.0. The minimum Gasteiger partial charge on any atom is -0.495 e. The van der Waals surface area contributed by atoms with Crippen LogP contribution in [-0.4, -0.2) is 50.0 Å². The number of benzene rings is 2. The van der Waals surface area contributed by atoms with Crippen molar-refractivity contribution in [3.63, 3.8) is 0 Å². The van der Waals surface area contributed by atoms with Crippen LogP contribution < -0.4 is 15.0 Å². The van der Waals surface area contributed by atoms with Crippen molar-refractivity contribution in [2.45, 2.75) is 12.8 Å². The minimum atomic E-state index is -0.0859. The number of nitrogens with zero attached hydrogens (tertiary/aromatic N) is 2. The minimum absolute atomic E-state index is 0.0859. The third kappa shape index (κ3) is 5.93. The lowest BCUT2D eigenvalue weighted by Crippen LogP contribution is -2.39. The quantitative estimate of drug-likeness (QED) is 0.554. The highest BCUT2D eigenvalue weighted by Crippen LogP contribution is 2.32. The summed E-state index contributed by atoms with van der Waals surface area (Å²) < 4.78 is 5.20. The number of hydrogen-bond donors (Lipinski definition) is 1. The molecule has 8 heteroatoms. The summed E-state index contributed by atoms with van der Waals surface area (Å²) in [5, 5.41) is 4.33. The van der Waals surface area contributed by atoms with Gasteiger partial charge in [-0.1, -0.05) is 23.2 Å². The van der Waals surface area contributed by atoms with Crippen LogP contribution in [0, 0.1) is 5.92 Å². The standard InChI is InChI=1S/C24H27Cl2N3O2S/c1-31-23-12-18(2-7-22(23)26)24(30)27-13-17-8-10-28(11-9-17)14-21-15-29(16-32-21)20-5-3-19(25)4-6-20/h2-7,12,15,17H,8-11,13-14,16H2,1H3,(H,27,30). The lowest BCUT2D eigenvalue weighted by molar-refractivity contribution is 0.0937. The van der Waals surface area contributed by atoms with Crippen LogP contribution in [0.2, 0.25) is 10.0 Å². The van der Waals surface area contributed by atoms with Gasteiger partial charge in [-0.25, -0.2) is 0 Å². The zero-order valence-corrected chi connectivity index (χ0v) is 20.3. The molecule has 0 atom stereocenters. The van der Waals surface area contributed by atoms with Crippen LogP contribution in [0.1, 0.15) is 23.2 Å². The maximum Gasteiger partial charge on any atom is 0.251 e. The van der Waals surface area contributed by atoms with Gasteiger partial charge in [0.05, 0.1) is 18.0 Å². The molecule has 1 fully saturated rings. The first-order valence-electron chi connectivity index (χ1n) is 10.7. The predicted octanol–water partition coefficient (Wildman–Crippen LogP) is 5.50. The Morgan fingerprint density at radius 3 is 2.62 bits per heavy atom. The van der Waals surface area contributed by atoms with Crippen molar-refractivity contribution < 1.29 is 9.53 Å². The molecule has 1 saturated heterocycles. The van der Waals surface area contributed by atoms with E-state index in [9.17, 15) is 4.79 Å². The summed E-state index contributed by atoms with van der Waals surface area (Å²) in [6.07, 6.45) is 4.42. The molecule has 5 nitrogen and oxygen atoms in total. The van der Waals surface area contributed by atoms with E-state index >= 15 is 0 Å². The fourth-order valence-corrected chi connectivity index (χ4v) is 5.30. The molecule has 0 aliphatic carbocycles. The van der Waals surface area contributed by atoms with E-state index in [4.69, 9.17) is 27.9 Å². The van der Waals surface area contributed by atoms with Gasteiger partial charge in [-0.2, -0.15) is 0 Å². The van der Waals surface area contributed by atoms with Crippen LogP contribution in [-0.2, 0) is 0 Å². The molecular weight excluding hydrogens is 465 g/mol. The fourth-order valence-electron chi connectivity index (χ4n) is 3.98. The van der Waals surface area contributed by atoms with Crippen LogP contribution in [0.4, 0.5) is 5.69 Å². The van der Waals surface area contributed by atoms with E-state index < -0.39 is 0 Å². The third-order valence-corrected chi connectivity index (χ3v) is 7.48. The molecule has 2 aliphatic heterocycles. The predicted molar refractivity (Wildman–Crippen MR) is 134 cm³/mol. The molecule has 0 unspecified atom stereocenters. The number of rotatable bonds is 7. The van der Waals surface area contributed by atoms with E-state index in [1.54, 1.807) is 25.3 Å². The Bertz CT molecular complexity index is 976. The fraction of sp³-hybridized carbons (Fsp3) is 0.375. The van der Waals surface area contributed by atoms with Crippen molar-refractivity contribution >= 4 is 46.6 Å². The SMILES string of the molecule is COc1cc(C(=O)NCC2CCN(CC3=CN(c4ccc(Cl)cc4)CS3)CC2)ccc1Cl. The van der Waals surface area contributed by atoms with Gasteiger partial charge in [-0.3, -0.25) is 9.69 Å². The molecule has 4 rings (SSSR count). The molecule has 0 saturated carbocycles. The van der Waals surface area contributed by atoms with Gasteiger partial charge in [0.25, 0.3) is 5.91 Å². The molecule has 0 bridgehead atoms. The Kier molecular flexibility index (Phi) is 7.89. The smallest absolute Gasteiger partial charge is 0.251 e. The van der Waals surface area contributed by atoms with Crippen molar-refractivity contribution in [2.75, 3.05) is 44.1 Å². The summed E-state index contributed by atoms with van der Waals surface area (Å²) >= 11 is 13.9. The maximum absolute atomic E-state index is 12.5. The topological polar surface area (TPSA) is 44.8 Å². The van der Waals surface area contributed by atoms with Crippen molar-refractivity contribution in [1.82, 2.24) is 10.2 Å². The molecule has 2 heterocycles. The maximum atomic E-state index is 12.5. The number of carbonyl (C=O) groups excluding carboxylic acids is 1. The molecular formula is C24H27Cl2N3O2S. The highest BCUT2D eigenvalue weighted by molar-refractivity contribution is 8.03. The van der Waals surface area contributed by atoms with E-state index in [1.165, 1.54) is 10.6 Å². The van der Waals surface area contributed by atoms with Gasteiger partial charge in [0.15, 0.2) is 0 Å². The number of amides is 1. The second-order valence-electron chi connectivity index (χ2n) is 8.09. The van der Waals surface area contributed by atoms with Crippen molar-refractivity contribution in [3.05, 3.63) is 69.2 Å². The second kappa shape index (κ2) is 10.8. The van der Waals surface area contributed by atoms with E-state index in [2.05, 4.69) is 33.4 Å². The summed E-state index contributed by atoms with van der Waals surface area (Å²) in [5.74, 6) is 1.87. The molecule has 1 N–H and O–H groups in total. The number of thioether (sulfide) groups is 1. The van der Waals surface area contributed by atoms with Crippen LogP contribution in [0.25, 0.3) is 0 Å². The van der Waals surface area contributed by atoms with E-state index in [-0.39, 0.29) is 5.91 Å². The normalized spacial score (nSPS) is 17.3. The first-order valence-corrected chi connectivity index (χ1v) is 12.5. The number of nitrogens with one attached hydrogen (secondary N) is 1. The Morgan fingerprint density at radius 1 is 1.16 bits per heavy atom. The Morgan fingerprint density at radius 2 is 1.91 bits per heavy atom. The Labute approximate surface area is 203 Å². The first-order chi connectivity index (χ1) is 15.5. The van der Waals surface area contributed by atoms with E-state index in [1.807, 2.05) is 23.9 Å². The Balaban J connectivity index is 1.21. The van der Waals surface area contributed by atoms with Gasteiger partial charge >= 0.3 is 0 Å². The number of carbonyl (C=O) groups is 1. The number of likely N-dealkylation sites (tertiary alicyclic amines) is 1. The average molecular weight is 492 g/mol. The van der Waals surface area contributed by atoms with Gasteiger partial charge in [-0.15, -0.1) is 11.8 Å². The largest absolute Gasteiger partial charge is 0.495 e. The number of ether oxygens (including phenoxy) is 1. The van der Waals surface area contributed by atoms with Crippen molar-refractivity contribution in [2.24, 2.45) is 5.92 Å². The molecule has 0 aromatic heterocycles.